The lowest BCUT2D eigenvalue weighted by molar-refractivity contribution is -0.135. The molecule has 0 radical (unpaired) electrons. The summed E-state index contributed by atoms with van der Waals surface area (Å²) >= 11 is 0. The summed E-state index contributed by atoms with van der Waals surface area (Å²) in [5.41, 5.74) is 1.24. The normalized spacial score (nSPS) is 10.9. The van der Waals surface area contributed by atoms with Crippen molar-refractivity contribution in [3.63, 3.8) is 0 Å². The maximum atomic E-state index is 11.4. The minimum Gasteiger partial charge on any atom is -0.493 e. The third kappa shape index (κ3) is 3.40. The molecule has 5 nitrogen and oxygen atoms in total. The van der Waals surface area contributed by atoms with Crippen LogP contribution in [-0.4, -0.2) is 34.4 Å². The average molecular weight is 266 g/mol. The monoisotopic (exact) mass is 266 g/mol. The van der Waals surface area contributed by atoms with E-state index in [4.69, 9.17) is 14.2 Å². The van der Waals surface area contributed by atoms with Crippen molar-refractivity contribution in [3.8, 4) is 17.2 Å². The highest BCUT2D eigenvalue weighted by Crippen LogP contribution is 2.38. The van der Waals surface area contributed by atoms with E-state index in [0.29, 0.717) is 22.8 Å². The largest absolute Gasteiger partial charge is 0.493 e. The topological polar surface area (TPSA) is 54.0 Å². The fourth-order valence-electron chi connectivity index (χ4n) is 1.65. The van der Waals surface area contributed by atoms with Crippen LogP contribution in [0.4, 0.5) is 0 Å². The van der Waals surface area contributed by atoms with Gasteiger partial charge in [0.1, 0.15) is 0 Å². The van der Waals surface area contributed by atoms with E-state index in [1.54, 1.807) is 25.1 Å². The van der Waals surface area contributed by atoms with Crippen LogP contribution >= 0.6 is 0 Å². The van der Waals surface area contributed by atoms with Crippen molar-refractivity contribution in [1.29, 1.82) is 0 Å². The summed E-state index contributed by atoms with van der Waals surface area (Å²) in [6.07, 6.45) is 1.69. The zero-order valence-corrected chi connectivity index (χ0v) is 11.8. The van der Waals surface area contributed by atoms with Gasteiger partial charge in [0.2, 0.25) is 5.75 Å². The highest BCUT2D eigenvalue weighted by atomic mass is 16.5. The van der Waals surface area contributed by atoms with Gasteiger partial charge in [0.05, 0.1) is 28.4 Å². The number of ether oxygens (including phenoxy) is 4. The van der Waals surface area contributed by atoms with E-state index in [9.17, 15) is 4.79 Å². The molecule has 0 aliphatic carbocycles. The lowest BCUT2D eigenvalue weighted by Crippen LogP contribution is -2.01. The number of benzene rings is 1. The number of rotatable bonds is 5. The molecule has 0 atom stereocenters. The van der Waals surface area contributed by atoms with Crippen LogP contribution in [-0.2, 0) is 9.53 Å². The Morgan fingerprint density at radius 3 is 1.89 bits per heavy atom. The molecule has 1 aromatic carbocycles. The fraction of sp³-hybridized carbons (Fsp3) is 0.357. The summed E-state index contributed by atoms with van der Waals surface area (Å²) in [6, 6.07) is 3.52. The number of hydrogen-bond acceptors (Lipinski definition) is 5. The summed E-state index contributed by atoms with van der Waals surface area (Å²) in [5.74, 6) is 1.20. The molecular formula is C14H18O5. The first-order valence-corrected chi connectivity index (χ1v) is 5.64. The summed E-state index contributed by atoms with van der Waals surface area (Å²) in [6.45, 7) is 1.68. The van der Waals surface area contributed by atoms with Crippen molar-refractivity contribution in [3.05, 3.63) is 23.3 Å². The number of esters is 1. The van der Waals surface area contributed by atoms with Gasteiger partial charge in [0.25, 0.3) is 0 Å². The first-order valence-electron chi connectivity index (χ1n) is 5.64. The van der Waals surface area contributed by atoms with E-state index in [1.165, 1.54) is 28.4 Å². The Labute approximate surface area is 112 Å². The molecule has 0 heterocycles. The Balaban J connectivity index is 3.27. The lowest BCUT2D eigenvalue weighted by Gasteiger charge is -2.13. The molecular weight excluding hydrogens is 248 g/mol. The molecule has 19 heavy (non-hydrogen) atoms. The number of carbonyl (C=O) groups excluding carboxylic acids is 1. The minimum absolute atomic E-state index is 0.381. The van der Waals surface area contributed by atoms with E-state index in [0.717, 1.165) is 5.56 Å². The van der Waals surface area contributed by atoms with Gasteiger partial charge < -0.3 is 18.9 Å². The van der Waals surface area contributed by atoms with Crippen LogP contribution in [0.1, 0.15) is 12.5 Å². The van der Waals surface area contributed by atoms with Gasteiger partial charge >= 0.3 is 5.97 Å². The predicted molar refractivity (Wildman–Crippen MR) is 71.8 cm³/mol. The standard InChI is InChI=1S/C14H18O5/c1-9(14(15)19-5)6-10-7-11(16-2)13(18-4)12(8-10)17-3/h6-8H,1-5H3. The maximum Gasteiger partial charge on any atom is 0.333 e. The molecule has 0 unspecified atom stereocenters. The third-order valence-electron chi connectivity index (χ3n) is 2.58. The molecule has 0 aromatic heterocycles. The average Bonchev–Trinajstić information content (AvgIpc) is 2.44. The van der Waals surface area contributed by atoms with Crippen LogP contribution in [0.15, 0.2) is 17.7 Å². The molecule has 0 amide bonds. The van der Waals surface area contributed by atoms with Crippen LogP contribution < -0.4 is 14.2 Å². The van der Waals surface area contributed by atoms with E-state index in [-0.39, 0.29) is 5.97 Å². The van der Waals surface area contributed by atoms with Gasteiger partial charge in [-0.3, -0.25) is 0 Å². The number of hydrogen-bond donors (Lipinski definition) is 0. The molecule has 5 heteroatoms. The fourth-order valence-corrected chi connectivity index (χ4v) is 1.65. The number of carbonyl (C=O) groups is 1. The van der Waals surface area contributed by atoms with Crippen molar-refractivity contribution in [2.24, 2.45) is 0 Å². The van der Waals surface area contributed by atoms with E-state index >= 15 is 0 Å². The van der Waals surface area contributed by atoms with E-state index in [1.807, 2.05) is 0 Å². The Bertz CT molecular complexity index is 466. The second-order valence-corrected chi connectivity index (χ2v) is 3.78. The smallest absolute Gasteiger partial charge is 0.333 e. The zero-order valence-electron chi connectivity index (χ0n) is 11.8. The molecule has 0 saturated heterocycles. The second-order valence-electron chi connectivity index (χ2n) is 3.78. The molecule has 0 N–H and O–H groups in total. The first-order chi connectivity index (χ1) is 9.07. The summed E-state index contributed by atoms with van der Waals surface area (Å²) in [7, 11) is 5.96. The van der Waals surface area contributed by atoms with Gasteiger partial charge in [-0.1, -0.05) is 0 Å². The van der Waals surface area contributed by atoms with Crippen LogP contribution in [0.2, 0.25) is 0 Å². The van der Waals surface area contributed by atoms with Gasteiger partial charge in [0.15, 0.2) is 11.5 Å². The molecule has 104 valence electrons. The molecule has 1 aromatic rings. The Hall–Kier alpha value is -2.17. The van der Waals surface area contributed by atoms with Crippen molar-refractivity contribution in [2.75, 3.05) is 28.4 Å². The van der Waals surface area contributed by atoms with E-state index in [2.05, 4.69) is 4.74 Å². The zero-order chi connectivity index (χ0) is 14.4. The number of methoxy groups -OCH3 is 4. The van der Waals surface area contributed by atoms with Crippen molar-refractivity contribution in [1.82, 2.24) is 0 Å². The predicted octanol–water partition coefficient (Wildman–Crippen LogP) is 2.29. The summed E-state index contributed by atoms with van der Waals surface area (Å²) in [5, 5.41) is 0. The van der Waals surface area contributed by atoms with Crippen molar-refractivity contribution < 1.29 is 23.7 Å². The Kier molecular flexibility index (Phi) is 5.23. The molecule has 0 fully saturated rings. The molecule has 0 saturated carbocycles. The Morgan fingerprint density at radius 2 is 1.53 bits per heavy atom. The summed E-state index contributed by atoms with van der Waals surface area (Å²) < 4.78 is 20.3. The minimum atomic E-state index is -0.381. The van der Waals surface area contributed by atoms with Crippen LogP contribution in [0.3, 0.4) is 0 Å². The second kappa shape index (κ2) is 6.68. The quantitative estimate of drug-likeness (QED) is 0.604. The molecule has 0 spiro atoms. The van der Waals surface area contributed by atoms with Crippen molar-refractivity contribution in [2.45, 2.75) is 6.92 Å². The van der Waals surface area contributed by atoms with Gasteiger partial charge in [-0.15, -0.1) is 0 Å². The van der Waals surface area contributed by atoms with Gasteiger partial charge in [-0.25, -0.2) is 4.79 Å². The molecule has 0 aliphatic rings. The van der Waals surface area contributed by atoms with E-state index < -0.39 is 0 Å². The maximum absolute atomic E-state index is 11.4. The van der Waals surface area contributed by atoms with Gasteiger partial charge in [-0.05, 0) is 30.7 Å². The van der Waals surface area contributed by atoms with Crippen molar-refractivity contribution >= 4 is 12.0 Å². The van der Waals surface area contributed by atoms with Crippen LogP contribution in [0, 0.1) is 0 Å². The molecule has 0 aliphatic heterocycles. The highest BCUT2D eigenvalue weighted by Gasteiger charge is 2.13. The van der Waals surface area contributed by atoms with Gasteiger partial charge in [-0.2, -0.15) is 0 Å². The van der Waals surface area contributed by atoms with Gasteiger partial charge in [0, 0.05) is 5.57 Å². The van der Waals surface area contributed by atoms with Crippen LogP contribution in [0.25, 0.3) is 6.08 Å². The molecule has 1 rings (SSSR count). The first kappa shape index (κ1) is 14.9. The third-order valence-corrected chi connectivity index (χ3v) is 2.58. The SMILES string of the molecule is COC(=O)C(C)=Cc1cc(OC)c(OC)c(OC)c1. The van der Waals surface area contributed by atoms with Crippen LogP contribution in [0.5, 0.6) is 17.2 Å². The Morgan fingerprint density at radius 1 is 1.00 bits per heavy atom. The lowest BCUT2D eigenvalue weighted by atomic mass is 10.1. The highest BCUT2D eigenvalue weighted by molar-refractivity contribution is 5.93. The summed E-state index contributed by atoms with van der Waals surface area (Å²) in [4.78, 5) is 11.4. The molecule has 0 bridgehead atoms.